The Morgan fingerprint density at radius 2 is 1.89 bits per heavy atom. The van der Waals surface area contributed by atoms with E-state index in [9.17, 15) is 29.6 Å². The molecule has 1 aliphatic heterocycles. The number of carboxylic acids is 1. The average Bonchev–Trinajstić information content (AvgIpc) is 2.54. The number of nitrogens with zero attached hydrogens (tertiary/aromatic N) is 2. The van der Waals surface area contributed by atoms with E-state index in [-0.39, 0.29) is 62.5 Å². The zero-order chi connectivity index (χ0) is 13.4. The first-order valence-electron chi connectivity index (χ1n) is 4.77. The van der Waals surface area contributed by atoms with E-state index in [4.69, 9.17) is 0 Å². The summed E-state index contributed by atoms with van der Waals surface area (Å²) in [5, 5.41) is 21.2. The molecule has 0 radical (unpaired) electrons. The van der Waals surface area contributed by atoms with Gasteiger partial charge in [-0.05, 0) is 6.07 Å². The van der Waals surface area contributed by atoms with Crippen LogP contribution in [0.1, 0.15) is 20.7 Å². The van der Waals surface area contributed by atoms with Gasteiger partial charge in [-0.1, -0.05) is 6.07 Å². The monoisotopic (exact) mass is 288 g/mol. The van der Waals surface area contributed by atoms with Gasteiger partial charge in [0, 0.05) is 6.07 Å². The number of carbonyl (C=O) groups excluding carboxylic acids is 3. The molecule has 2 rings (SSSR count). The van der Waals surface area contributed by atoms with E-state index < -0.39 is 34.9 Å². The number of carbonyl (C=O) groups is 3. The minimum Gasteiger partial charge on any atom is -0.548 e. The summed E-state index contributed by atoms with van der Waals surface area (Å²) in [6, 6.07) is 3.56. The number of benzene rings is 1. The number of imide groups is 1. The predicted octanol–water partition coefficient (Wildman–Crippen LogP) is -4.06. The minimum absolute atomic E-state index is 0. The van der Waals surface area contributed by atoms with Crippen molar-refractivity contribution < 1.29 is 75.8 Å². The first kappa shape index (κ1) is 15.9. The molecular weight excluding hydrogens is 283 g/mol. The van der Waals surface area contributed by atoms with Crippen molar-refractivity contribution in [3.63, 3.8) is 0 Å². The van der Waals surface area contributed by atoms with Crippen molar-refractivity contribution in [1.82, 2.24) is 4.90 Å². The Kier molecular flexibility index (Phi) is 4.93. The van der Waals surface area contributed by atoms with E-state index in [2.05, 4.69) is 0 Å². The summed E-state index contributed by atoms with van der Waals surface area (Å²) in [4.78, 5) is 44.3. The molecule has 0 atom stereocenters. The number of nitro groups is 1. The van der Waals surface area contributed by atoms with Crippen LogP contribution in [0.25, 0.3) is 0 Å². The largest absolute Gasteiger partial charge is 1.00 e. The maximum atomic E-state index is 11.8. The maximum absolute atomic E-state index is 11.8. The van der Waals surface area contributed by atoms with Gasteiger partial charge in [-0.25, -0.2) is 0 Å². The summed E-state index contributed by atoms with van der Waals surface area (Å²) in [6.07, 6.45) is 0. The van der Waals surface area contributed by atoms with Crippen molar-refractivity contribution in [2.75, 3.05) is 6.54 Å². The molecule has 0 aromatic heterocycles. The predicted molar refractivity (Wildman–Crippen MR) is 53.5 cm³/mol. The van der Waals surface area contributed by atoms with E-state index in [1.54, 1.807) is 0 Å². The molecule has 0 fully saturated rings. The second kappa shape index (κ2) is 5.88. The summed E-state index contributed by atoms with van der Waals surface area (Å²) in [6.45, 7) is -0.927. The molecule has 9 heteroatoms. The Labute approximate surface area is 148 Å². The molecule has 0 bridgehead atoms. The van der Waals surface area contributed by atoms with Crippen LogP contribution in [0.4, 0.5) is 5.69 Å². The van der Waals surface area contributed by atoms with Crippen LogP contribution in [0.3, 0.4) is 0 Å². The van der Waals surface area contributed by atoms with Crippen LogP contribution >= 0.6 is 0 Å². The maximum Gasteiger partial charge on any atom is 1.00 e. The molecule has 0 spiro atoms. The molecule has 0 N–H and O–H groups in total. The van der Waals surface area contributed by atoms with Gasteiger partial charge >= 0.3 is 51.4 Å². The Hall–Kier alpha value is -1.13. The number of amides is 2. The Balaban J connectivity index is 0.00000180. The van der Waals surface area contributed by atoms with Crippen LogP contribution in [0.5, 0.6) is 0 Å². The Morgan fingerprint density at radius 1 is 1.26 bits per heavy atom. The standard InChI is InChI=1S/C10H6N2O6.K/c13-7(14)4-11-9(15)5-2-1-3-6(12(17)18)8(5)10(11)16;/h1-3H,4H2,(H,13,14);/q;+1/p-1. The number of hydrogen-bond donors (Lipinski definition) is 0. The van der Waals surface area contributed by atoms with Crippen molar-refractivity contribution >= 4 is 23.5 Å². The number of fused-ring (bicyclic) bond motifs is 1. The van der Waals surface area contributed by atoms with Crippen LogP contribution < -0.4 is 56.5 Å². The Morgan fingerprint density at radius 3 is 2.42 bits per heavy atom. The van der Waals surface area contributed by atoms with Crippen molar-refractivity contribution in [3.05, 3.63) is 39.4 Å². The zero-order valence-corrected chi connectivity index (χ0v) is 12.9. The van der Waals surface area contributed by atoms with Crippen LogP contribution in [-0.2, 0) is 4.79 Å². The van der Waals surface area contributed by atoms with E-state index in [1.807, 2.05) is 0 Å². The van der Waals surface area contributed by atoms with Crippen LogP contribution in [0, 0.1) is 10.1 Å². The molecule has 0 aliphatic carbocycles. The molecule has 0 saturated carbocycles. The molecule has 92 valence electrons. The number of rotatable bonds is 3. The number of aliphatic carboxylic acids is 1. The zero-order valence-electron chi connectivity index (χ0n) is 9.78. The molecule has 1 aromatic rings. The third-order valence-corrected chi connectivity index (χ3v) is 2.46. The first-order valence-corrected chi connectivity index (χ1v) is 4.77. The molecule has 8 nitrogen and oxygen atoms in total. The quantitative estimate of drug-likeness (QED) is 0.241. The van der Waals surface area contributed by atoms with Crippen LogP contribution in [0.2, 0.25) is 0 Å². The first-order chi connectivity index (χ1) is 8.43. The topological polar surface area (TPSA) is 121 Å². The second-order valence-electron chi connectivity index (χ2n) is 3.53. The fourth-order valence-electron chi connectivity index (χ4n) is 1.74. The SMILES string of the molecule is O=C([O-])CN1C(=O)c2cccc([N+](=O)[O-])c2C1=O.[K+]. The van der Waals surface area contributed by atoms with Crippen molar-refractivity contribution in [2.45, 2.75) is 0 Å². The van der Waals surface area contributed by atoms with Gasteiger partial charge < -0.3 is 9.90 Å². The van der Waals surface area contributed by atoms with Gasteiger partial charge in [-0.2, -0.15) is 0 Å². The molecule has 1 aromatic carbocycles. The minimum atomic E-state index is -1.62. The fourth-order valence-corrected chi connectivity index (χ4v) is 1.74. The molecule has 19 heavy (non-hydrogen) atoms. The van der Waals surface area contributed by atoms with Crippen molar-refractivity contribution in [2.24, 2.45) is 0 Å². The van der Waals surface area contributed by atoms with Crippen LogP contribution in [-0.4, -0.2) is 34.2 Å². The Bertz CT molecular complexity index is 600. The van der Waals surface area contributed by atoms with E-state index in [0.29, 0.717) is 4.90 Å². The third-order valence-electron chi connectivity index (χ3n) is 2.46. The van der Waals surface area contributed by atoms with Crippen molar-refractivity contribution in [3.8, 4) is 0 Å². The smallest absolute Gasteiger partial charge is 0.548 e. The average molecular weight is 288 g/mol. The van der Waals surface area contributed by atoms with Gasteiger partial charge in [0.2, 0.25) is 0 Å². The van der Waals surface area contributed by atoms with E-state index in [0.717, 1.165) is 6.07 Å². The summed E-state index contributed by atoms with van der Waals surface area (Å²) in [7, 11) is 0. The number of hydrogen-bond acceptors (Lipinski definition) is 6. The molecular formula is C10H5KN2O6. The van der Waals surface area contributed by atoms with Gasteiger partial charge in [-0.3, -0.25) is 24.6 Å². The summed E-state index contributed by atoms with van der Waals surface area (Å²) in [5.41, 5.74) is -1.07. The van der Waals surface area contributed by atoms with Crippen LogP contribution in [0.15, 0.2) is 18.2 Å². The van der Waals surface area contributed by atoms with Crippen molar-refractivity contribution in [1.29, 1.82) is 0 Å². The number of carboxylic acid groups (broad SMARTS) is 1. The second-order valence-corrected chi connectivity index (χ2v) is 3.53. The summed E-state index contributed by atoms with van der Waals surface area (Å²) >= 11 is 0. The van der Waals surface area contributed by atoms with Gasteiger partial charge in [0.1, 0.15) is 5.56 Å². The normalized spacial score (nSPS) is 12.9. The molecule has 0 saturated heterocycles. The third kappa shape index (κ3) is 2.74. The van der Waals surface area contributed by atoms with E-state index in [1.165, 1.54) is 12.1 Å². The van der Waals surface area contributed by atoms with Gasteiger partial charge in [0.05, 0.1) is 23.0 Å². The summed E-state index contributed by atoms with van der Waals surface area (Å²) < 4.78 is 0. The summed E-state index contributed by atoms with van der Waals surface area (Å²) in [5.74, 6) is -3.48. The van der Waals surface area contributed by atoms with E-state index >= 15 is 0 Å². The molecule has 2 amide bonds. The van der Waals surface area contributed by atoms with Gasteiger partial charge in [0.15, 0.2) is 0 Å². The molecule has 1 aliphatic rings. The van der Waals surface area contributed by atoms with Gasteiger partial charge in [-0.15, -0.1) is 0 Å². The molecule has 0 unspecified atom stereocenters. The van der Waals surface area contributed by atoms with Gasteiger partial charge in [0.25, 0.3) is 17.5 Å². The number of nitro benzene ring substituents is 1. The fraction of sp³-hybridized carbons (Fsp3) is 0.100. The molecule has 1 heterocycles.